The van der Waals surface area contributed by atoms with E-state index in [4.69, 9.17) is 0 Å². The Bertz CT molecular complexity index is 1170. The number of carbonyl (C=O) groups excluding carboxylic acids is 1. The molecule has 2 unspecified atom stereocenters. The van der Waals surface area contributed by atoms with Crippen LogP contribution in [-0.2, 0) is 0 Å². The standard InChI is InChI=1S/C23H24FN5O/c1-5-7-14-11-25-23(30)15-10-18(28-20(14)15)19-16(24)8-9-17-21(19)29-22(13(4)27-17)26-12(3)6-2/h5-6,8-10,12,14,28H,1-2,7,11H2,3-4H3,(H,25,30)(H,26,29). The van der Waals surface area contributed by atoms with Gasteiger partial charge in [0.2, 0.25) is 0 Å². The first-order chi connectivity index (χ1) is 14.4. The van der Waals surface area contributed by atoms with E-state index in [0.717, 1.165) is 5.69 Å². The van der Waals surface area contributed by atoms with Crippen LogP contribution in [0, 0.1) is 12.7 Å². The number of nitrogens with one attached hydrogen (secondary N) is 3. The molecule has 3 N–H and O–H groups in total. The average molecular weight is 405 g/mol. The third kappa shape index (κ3) is 3.36. The molecule has 0 radical (unpaired) electrons. The Labute approximate surface area is 174 Å². The van der Waals surface area contributed by atoms with E-state index in [-0.39, 0.29) is 17.9 Å². The van der Waals surface area contributed by atoms with Gasteiger partial charge in [-0.3, -0.25) is 4.79 Å². The Morgan fingerprint density at radius 1 is 1.37 bits per heavy atom. The first-order valence-electron chi connectivity index (χ1n) is 9.91. The number of nitrogens with zero attached hydrogens (tertiary/aromatic N) is 2. The lowest BCUT2D eigenvalue weighted by Crippen LogP contribution is -2.34. The molecule has 3 heterocycles. The molecule has 1 aliphatic rings. The first kappa shape index (κ1) is 19.8. The summed E-state index contributed by atoms with van der Waals surface area (Å²) < 4.78 is 15.0. The lowest BCUT2D eigenvalue weighted by Gasteiger charge is -2.21. The maximum absolute atomic E-state index is 15.0. The van der Waals surface area contributed by atoms with Crippen LogP contribution in [0.25, 0.3) is 22.3 Å². The molecule has 1 aromatic carbocycles. The number of fused-ring (bicyclic) bond motifs is 2. The van der Waals surface area contributed by atoms with E-state index in [1.165, 1.54) is 6.07 Å². The van der Waals surface area contributed by atoms with Gasteiger partial charge in [0.15, 0.2) is 0 Å². The fourth-order valence-corrected chi connectivity index (χ4v) is 3.78. The van der Waals surface area contributed by atoms with Gasteiger partial charge in [-0.1, -0.05) is 12.2 Å². The number of aryl methyl sites for hydroxylation is 1. The maximum Gasteiger partial charge on any atom is 0.253 e. The molecule has 0 bridgehead atoms. The van der Waals surface area contributed by atoms with Crippen molar-refractivity contribution in [2.75, 3.05) is 11.9 Å². The van der Waals surface area contributed by atoms with Gasteiger partial charge >= 0.3 is 0 Å². The summed E-state index contributed by atoms with van der Waals surface area (Å²) in [5, 5.41) is 6.12. The highest BCUT2D eigenvalue weighted by atomic mass is 19.1. The van der Waals surface area contributed by atoms with Crippen LogP contribution in [-0.4, -0.2) is 33.4 Å². The van der Waals surface area contributed by atoms with Crippen LogP contribution in [0.1, 0.15) is 41.0 Å². The minimum Gasteiger partial charge on any atom is -0.363 e. The lowest BCUT2D eigenvalue weighted by atomic mass is 9.94. The molecule has 3 aromatic rings. The second kappa shape index (κ2) is 7.74. The normalized spacial score (nSPS) is 16.6. The predicted molar refractivity (Wildman–Crippen MR) is 117 cm³/mol. The monoisotopic (exact) mass is 405 g/mol. The van der Waals surface area contributed by atoms with Crippen LogP contribution in [0.5, 0.6) is 0 Å². The average Bonchev–Trinajstić information content (AvgIpc) is 3.17. The molecule has 2 aromatic heterocycles. The van der Waals surface area contributed by atoms with Gasteiger partial charge in [0, 0.05) is 24.2 Å². The molecule has 4 rings (SSSR count). The van der Waals surface area contributed by atoms with Crippen LogP contribution < -0.4 is 10.6 Å². The quantitative estimate of drug-likeness (QED) is 0.529. The minimum absolute atomic E-state index is 0.0198. The van der Waals surface area contributed by atoms with Crippen LogP contribution in [0.2, 0.25) is 0 Å². The van der Waals surface area contributed by atoms with Gasteiger partial charge in [-0.25, -0.2) is 14.4 Å². The van der Waals surface area contributed by atoms with Crippen LogP contribution in [0.15, 0.2) is 43.5 Å². The molecular formula is C23H24FN5O. The number of hydrogen-bond acceptors (Lipinski definition) is 4. The van der Waals surface area contributed by atoms with Crippen molar-refractivity contribution in [1.82, 2.24) is 20.3 Å². The van der Waals surface area contributed by atoms with Crippen LogP contribution >= 0.6 is 0 Å². The molecule has 0 aliphatic carbocycles. The second-order valence-corrected chi connectivity index (χ2v) is 7.56. The Balaban J connectivity index is 1.90. The summed E-state index contributed by atoms with van der Waals surface area (Å²) in [5.41, 5.74) is 3.86. The number of aromatic amines is 1. The van der Waals surface area contributed by atoms with Gasteiger partial charge < -0.3 is 15.6 Å². The molecule has 0 saturated carbocycles. The van der Waals surface area contributed by atoms with Gasteiger partial charge in [-0.15, -0.1) is 13.2 Å². The Kier molecular flexibility index (Phi) is 5.11. The number of carbonyl (C=O) groups is 1. The minimum atomic E-state index is -0.428. The summed E-state index contributed by atoms with van der Waals surface area (Å²) in [5.74, 6) is 0.0431. The largest absolute Gasteiger partial charge is 0.363 e. The van der Waals surface area contributed by atoms with E-state index in [1.807, 2.05) is 19.9 Å². The molecule has 0 saturated heterocycles. The Morgan fingerprint density at radius 3 is 2.90 bits per heavy atom. The van der Waals surface area contributed by atoms with E-state index in [0.29, 0.717) is 52.3 Å². The summed E-state index contributed by atoms with van der Waals surface area (Å²) in [6, 6.07) is 4.67. The van der Waals surface area contributed by atoms with Crippen molar-refractivity contribution >= 4 is 22.8 Å². The number of hydrogen-bond donors (Lipinski definition) is 3. The number of halogens is 1. The Morgan fingerprint density at radius 2 is 2.17 bits per heavy atom. The van der Waals surface area contributed by atoms with E-state index >= 15 is 4.39 Å². The summed E-state index contributed by atoms with van der Waals surface area (Å²) >= 11 is 0. The zero-order valence-corrected chi connectivity index (χ0v) is 17.1. The second-order valence-electron chi connectivity index (χ2n) is 7.56. The van der Waals surface area contributed by atoms with Gasteiger partial charge in [0.05, 0.1) is 28.0 Å². The maximum atomic E-state index is 15.0. The van der Waals surface area contributed by atoms with Gasteiger partial charge in [-0.05, 0) is 38.5 Å². The van der Waals surface area contributed by atoms with Gasteiger partial charge in [-0.2, -0.15) is 0 Å². The lowest BCUT2D eigenvalue weighted by molar-refractivity contribution is 0.0940. The molecular weight excluding hydrogens is 381 g/mol. The molecule has 1 amide bonds. The number of anilines is 1. The number of benzene rings is 1. The number of aromatic nitrogens is 3. The summed E-state index contributed by atoms with van der Waals surface area (Å²) in [4.78, 5) is 24.9. The van der Waals surface area contributed by atoms with E-state index in [1.54, 1.807) is 18.2 Å². The van der Waals surface area contributed by atoms with E-state index in [2.05, 4.69) is 38.7 Å². The SMILES string of the molecule is C=CCC1CNC(=O)c2cc(-c3c(F)ccc4nc(C)c(NC(C)C=C)nc34)[nH]c21. The van der Waals surface area contributed by atoms with Crippen molar-refractivity contribution in [3.8, 4) is 11.3 Å². The van der Waals surface area contributed by atoms with E-state index < -0.39 is 5.82 Å². The Hall–Kier alpha value is -3.48. The van der Waals surface area contributed by atoms with Crippen molar-refractivity contribution in [1.29, 1.82) is 0 Å². The number of amides is 1. The molecule has 7 heteroatoms. The number of allylic oxidation sites excluding steroid dienone is 1. The van der Waals surface area contributed by atoms with Crippen LogP contribution in [0.3, 0.4) is 0 Å². The highest BCUT2D eigenvalue weighted by Gasteiger charge is 2.28. The van der Waals surface area contributed by atoms with Crippen LogP contribution in [0.4, 0.5) is 10.2 Å². The third-order valence-corrected chi connectivity index (χ3v) is 5.41. The molecule has 1 aliphatic heterocycles. The number of rotatable bonds is 6. The van der Waals surface area contributed by atoms with Crippen molar-refractivity contribution in [3.63, 3.8) is 0 Å². The van der Waals surface area contributed by atoms with Gasteiger partial charge in [0.1, 0.15) is 17.2 Å². The zero-order valence-electron chi connectivity index (χ0n) is 17.1. The fraction of sp³-hybridized carbons (Fsp3) is 0.261. The topological polar surface area (TPSA) is 82.7 Å². The molecule has 2 atom stereocenters. The smallest absolute Gasteiger partial charge is 0.253 e. The highest BCUT2D eigenvalue weighted by Crippen LogP contribution is 2.35. The molecule has 6 nitrogen and oxygen atoms in total. The van der Waals surface area contributed by atoms with Gasteiger partial charge in [0.25, 0.3) is 5.91 Å². The predicted octanol–water partition coefficient (Wildman–Crippen LogP) is 4.46. The van der Waals surface area contributed by atoms with Crippen molar-refractivity contribution < 1.29 is 9.18 Å². The first-order valence-corrected chi connectivity index (χ1v) is 9.91. The third-order valence-electron chi connectivity index (χ3n) is 5.41. The van der Waals surface area contributed by atoms with Crippen molar-refractivity contribution in [3.05, 3.63) is 66.3 Å². The number of H-pyrrole nitrogens is 1. The molecule has 0 spiro atoms. The zero-order chi connectivity index (χ0) is 21.4. The molecule has 30 heavy (non-hydrogen) atoms. The molecule has 154 valence electrons. The highest BCUT2D eigenvalue weighted by molar-refractivity contribution is 6.00. The fourth-order valence-electron chi connectivity index (χ4n) is 3.78. The van der Waals surface area contributed by atoms with Crippen molar-refractivity contribution in [2.24, 2.45) is 0 Å². The summed E-state index contributed by atoms with van der Waals surface area (Å²) in [7, 11) is 0. The van der Waals surface area contributed by atoms with Crippen molar-refractivity contribution in [2.45, 2.75) is 32.2 Å². The summed E-state index contributed by atoms with van der Waals surface area (Å²) in [6.45, 7) is 11.9. The molecule has 0 fully saturated rings. The van der Waals surface area contributed by atoms with E-state index in [9.17, 15) is 4.79 Å². The summed E-state index contributed by atoms with van der Waals surface area (Å²) in [6.07, 6.45) is 4.28.